The zero-order valence-electron chi connectivity index (χ0n) is 12.0. The molecule has 0 aromatic heterocycles. The van der Waals surface area contributed by atoms with Crippen molar-refractivity contribution in [2.24, 2.45) is 0 Å². The second-order valence-corrected chi connectivity index (χ2v) is 4.00. The zero-order valence-corrected chi connectivity index (χ0v) is 12.0. The normalized spacial score (nSPS) is 10.0. The Labute approximate surface area is 122 Å². The third kappa shape index (κ3) is 5.70. The van der Waals surface area contributed by atoms with Crippen LogP contribution in [0.15, 0.2) is 18.2 Å². The standard InChI is InChI=1S/C14H19NO6/c1-3-21-11-5-4-10(8-12(11)19-2)14(18)15-6-7-20-9-13(16)17/h4-5,8H,3,6-7,9H2,1-2H3,(H,15,18)(H,16,17). The van der Waals surface area contributed by atoms with Crippen LogP contribution < -0.4 is 14.8 Å². The highest BCUT2D eigenvalue weighted by molar-refractivity contribution is 5.94. The van der Waals surface area contributed by atoms with Crippen LogP contribution in [0.1, 0.15) is 17.3 Å². The van der Waals surface area contributed by atoms with Crippen LogP contribution in [0, 0.1) is 0 Å². The molecule has 0 radical (unpaired) electrons. The quantitative estimate of drug-likeness (QED) is 0.658. The van der Waals surface area contributed by atoms with Gasteiger partial charge in [0.1, 0.15) is 6.61 Å². The number of benzene rings is 1. The Balaban J connectivity index is 2.52. The molecule has 1 aromatic rings. The maximum absolute atomic E-state index is 11.9. The van der Waals surface area contributed by atoms with Gasteiger partial charge in [-0.1, -0.05) is 0 Å². The van der Waals surface area contributed by atoms with Crippen molar-refractivity contribution in [1.29, 1.82) is 0 Å². The van der Waals surface area contributed by atoms with Gasteiger partial charge in [0.25, 0.3) is 5.91 Å². The summed E-state index contributed by atoms with van der Waals surface area (Å²) < 4.78 is 15.3. The molecule has 1 rings (SSSR count). The molecule has 0 atom stereocenters. The summed E-state index contributed by atoms with van der Waals surface area (Å²) in [5.74, 6) is -0.291. The number of carboxylic acid groups (broad SMARTS) is 1. The number of hydrogen-bond donors (Lipinski definition) is 2. The third-order valence-corrected chi connectivity index (χ3v) is 2.48. The average molecular weight is 297 g/mol. The highest BCUT2D eigenvalue weighted by atomic mass is 16.5. The number of methoxy groups -OCH3 is 1. The van der Waals surface area contributed by atoms with Crippen molar-refractivity contribution in [3.05, 3.63) is 23.8 Å². The van der Waals surface area contributed by atoms with Crippen LogP contribution in [-0.2, 0) is 9.53 Å². The summed E-state index contributed by atoms with van der Waals surface area (Å²) in [4.78, 5) is 22.1. The van der Waals surface area contributed by atoms with Crippen LogP contribution in [0.3, 0.4) is 0 Å². The molecule has 0 bridgehead atoms. The Kier molecular flexibility index (Phi) is 7.03. The van der Waals surface area contributed by atoms with Gasteiger partial charge < -0.3 is 24.6 Å². The van der Waals surface area contributed by atoms with Crippen LogP contribution in [0.2, 0.25) is 0 Å². The molecule has 116 valence electrons. The molecule has 0 aliphatic carbocycles. The fraction of sp³-hybridized carbons (Fsp3) is 0.429. The summed E-state index contributed by atoms with van der Waals surface area (Å²) in [6, 6.07) is 4.87. The van der Waals surface area contributed by atoms with E-state index in [9.17, 15) is 9.59 Å². The van der Waals surface area contributed by atoms with Crippen LogP contribution in [0.4, 0.5) is 0 Å². The van der Waals surface area contributed by atoms with E-state index >= 15 is 0 Å². The topological polar surface area (TPSA) is 94.1 Å². The maximum Gasteiger partial charge on any atom is 0.329 e. The van der Waals surface area contributed by atoms with Crippen LogP contribution in [0.25, 0.3) is 0 Å². The molecule has 7 heteroatoms. The van der Waals surface area contributed by atoms with Gasteiger partial charge in [0.15, 0.2) is 11.5 Å². The summed E-state index contributed by atoms with van der Waals surface area (Å²) in [6.07, 6.45) is 0. The molecule has 21 heavy (non-hydrogen) atoms. The lowest BCUT2D eigenvalue weighted by Gasteiger charge is -2.11. The second-order valence-electron chi connectivity index (χ2n) is 4.00. The monoisotopic (exact) mass is 297 g/mol. The number of rotatable bonds is 9. The first-order valence-corrected chi connectivity index (χ1v) is 6.47. The lowest BCUT2D eigenvalue weighted by atomic mass is 10.2. The number of ether oxygens (including phenoxy) is 3. The Morgan fingerprint density at radius 2 is 2.05 bits per heavy atom. The van der Waals surface area contributed by atoms with E-state index in [1.165, 1.54) is 7.11 Å². The summed E-state index contributed by atoms with van der Waals surface area (Å²) in [6.45, 7) is 2.33. The molecule has 0 aliphatic rings. The predicted molar refractivity (Wildman–Crippen MR) is 75.0 cm³/mol. The first-order chi connectivity index (χ1) is 10.1. The van der Waals surface area contributed by atoms with Gasteiger partial charge in [0, 0.05) is 12.1 Å². The van der Waals surface area contributed by atoms with E-state index in [2.05, 4.69) is 5.32 Å². The molecule has 0 heterocycles. The largest absolute Gasteiger partial charge is 0.493 e. The number of carbonyl (C=O) groups excluding carboxylic acids is 1. The Bertz CT molecular complexity index is 488. The Hall–Kier alpha value is -2.28. The number of hydrogen-bond acceptors (Lipinski definition) is 5. The molecular weight excluding hydrogens is 278 g/mol. The number of aliphatic carboxylic acids is 1. The van der Waals surface area contributed by atoms with E-state index in [0.29, 0.717) is 23.7 Å². The van der Waals surface area contributed by atoms with Gasteiger partial charge in [-0.25, -0.2) is 4.79 Å². The molecule has 0 spiro atoms. The minimum absolute atomic E-state index is 0.131. The van der Waals surface area contributed by atoms with Crippen LogP contribution >= 0.6 is 0 Å². The Morgan fingerprint density at radius 1 is 1.29 bits per heavy atom. The zero-order chi connectivity index (χ0) is 15.7. The van der Waals surface area contributed by atoms with Gasteiger partial charge in [0.2, 0.25) is 0 Å². The summed E-state index contributed by atoms with van der Waals surface area (Å²) in [7, 11) is 1.50. The summed E-state index contributed by atoms with van der Waals surface area (Å²) in [5.41, 5.74) is 0.425. The minimum atomic E-state index is -1.04. The molecule has 1 aromatic carbocycles. The molecule has 0 fully saturated rings. The fourth-order valence-electron chi connectivity index (χ4n) is 1.58. The van der Waals surface area contributed by atoms with Crippen LogP contribution in [-0.4, -0.2) is 50.5 Å². The van der Waals surface area contributed by atoms with E-state index in [4.69, 9.17) is 19.3 Å². The van der Waals surface area contributed by atoms with Crippen molar-refractivity contribution in [3.63, 3.8) is 0 Å². The van der Waals surface area contributed by atoms with Crippen molar-refractivity contribution in [2.45, 2.75) is 6.92 Å². The summed E-state index contributed by atoms with van der Waals surface area (Å²) in [5, 5.41) is 11.0. The SMILES string of the molecule is CCOc1ccc(C(=O)NCCOCC(=O)O)cc1OC. The van der Waals surface area contributed by atoms with E-state index in [-0.39, 0.29) is 25.7 Å². The second kappa shape index (κ2) is 8.80. The third-order valence-electron chi connectivity index (χ3n) is 2.48. The molecule has 0 aliphatic heterocycles. The first kappa shape index (κ1) is 16.8. The smallest absolute Gasteiger partial charge is 0.329 e. The molecule has 2 N–H and O–H groups in total. The average Bonchev–Trinajstić information content (AvgIpc) is 2.47. The summed E-state index contributed by atoms with van der Waals surface area (Å²) >= 11 is 0. The first-order valence-electron chi connectivity index (χ1n) is 6.47. The number of carbonyl (C=O) groups is 2. The predicted octanol–water partition coefficient (Wildman–Crippen LogP) is 0.925. The molecule has 0 saturated heterocycles. The molecule has 0 saturated carbocycles. The lowest BCUT2D eigenvalue weighted by Crippen LogP contribution is -2.27. The van der Waals surface area contributed by atoms with Gasteiger partial charge in [-0.2, -0.15) is 0 Å². The van der Waals surface area contributed by atoms with Gasteiger partial charge in [-0.3, -0.25) is 4.79 Å². The fourth-order valence-corrected chi connectivity index (χ4v) is 1.58. The van der Waals surface area contributed by atoms with Crippen molar-refractivity contribution in [1.82, 2.24) is 5.32 Å². The minimum Gasteiger partial charge on any atom is -0.493 e. The van der Waals surface area contributed by atoms with Crippen molar-refractivity contribution >= 4 is 11.9 Å². The van der Waals surface area contributed by atoms with Gasteiger partial charge in [0.05, 0.1) is 20.3 Å². The van der Waals surface area contributed by atoms with Gasteiger partial charge in [-0.05, 0) is 25.1 Å². The maximum atomic E-state index is 11.9. The van der Waals surface area contributed by atoms with Crippen molar-refractivity contribution < 1.29 is 28.9 Å². The van der Waals surface area contributed by atoms with E-state index in [1.807, 2.05) is 6.92 Å². The van der Waals surface area contributed by atoms with Gasteiger partial charge in [-0.15, -0.1) is 0 Å². The number of amides is 1. The van der Waals surface area contributed by atoms with Crippen molar-refractivity contribution in [3.8, 4) is 11.5 Å². The number of carboxylic acids is 1. The lowest BCUT2D eigenvalue weighted by molar-refractivity contribution is -0.142. The number of nitrogens with one attached hydrogen (secondary N) is 1. The molecular formula is C14H19NO6. The van der Waals surface area contributed by atoms with E-state index < -0.39 is 5.97 Å². The highest BCUT2D eigenvalue weighted by Gasteiger charge is 2.10. The van der Waals surface area contributed by atoms with E-state index in [1.54, 1.807) is 18.2 Å². The molecule has 7 nitrogen and oxygen atoms in total. The highest BCUT2D eigenvalue weighted by Crippen LogP contribution is 2.27. The molecule has 0 unspecified atom stereocenters. The van der Waals surface area contributed by atoms with Crippen LogP contribution in [0.5, 0.6) is 11.5 Å². The molecule has 1 amide bonds. The Morgan fingerprint density at radius 3 is 2.67 bits per heavy atom. The van der Waals surface area contributed by atoms with Gasteiger partial charge >= 0.3 is 5.97 Å². The van der Waals surface area contributed by atoms with Crippen molar-refractivity contribution in [2.75, 3.05) is 33.5 Å². The van der Waals surface area contributed by atoms with E-state index in [0.717, 1.165) is 0 Å².